The number of aryl methyl sites for hydroxylation is 1. The van der Waals surface area contributed by atoms with Gasteiger partial charge in [-0.05, 0) is 36.6 Å². The largest absolute Gasteiger partial charge is 0.463 e. The van der Waals surface area contributed by atoms with E-state index in [1.165, 1.54) is 11.3 Å². The molecular weight excluding hydrogens is 408 g/mol. The molecule has 0 aliphatic carbocycles. The second kappa shape index (κ2) is 7.15. The summed E-state index contributed by atoms with van der Waals surface area (Å²) in [4.78, 5) is 18.3. The number of rotatable bonds is 5. The summed E-state index contributed by atoms with van der Waals surface area (Å²) in [6.45, 7) is 1.86. The van der Waals surface area contributed by atoms with Gasteiger partial charge in [-0.25, -0.2) is 4.98 Å². The van der Waals surface area contributed by atoms with Crippen LogP contribution in [0.3, 0.4) is 0 Å². The minimum atomic E-state index is -0.326. The molecule has 5 rings (SSSR count). The molecule has 0 unspecified atom stereocenters. The van der Waals surface area contributed by atoms with Crippen molar-refractivity contribution in [3.63, 3.8) is 0 Å². The Hall–Kier alpha value is -3.50. The summed E-state index contributed by atoms with van der Waals surface area (Å²) >= 11 is 2.99. The van der Waals surface area contributed by atoms with Crippen LogP contribution in [0, 0.1) is 6.92 Å². The first-order valence-electron chi connectivity index (χ1n) is 8.64. The Kier molecular flexibility index (Phi) is 4.34. The number of thiazole rings is 1. The average Bonchev–Trinajstić information content (AvgIpc) is 3.52. The van der Waals surface area contributed by atoms with Crippen molar-refractivity contribution in [2.75, 3.05) is 5.32 Å². The lowest BCUT2D eigenvalue weighted by molar-refractivity contribution is 0.102. The lowest BCUT2D eigenvalue weighted by Gasteiger charge is -2.04. The van der Waals surface area contributed by atoms with Crippen LogP contribution in [0.25, 0.3) is 27.2 Å². The normalized spacial score (nSPS) is 11.1. The van der Waals surface area contributed by atoms with Crippen LogP contribution in [-0.4, -0.2) is 30.9 Å². The molecule has 0 bridgehead atoms. The third kappa shape index (κ3) is 3.39. The Morgan fingerprint density at radius 2 is 2.17 bits per heavy atom. The van der Waals surface area contributed by atoms with Crippen LogP contribution in [0.5, 0.6) is 0 Å². The monoisotopic (exact) mass is 422 g/mol. The topological polar surface area (TPSA) is 102 Å². The van der Waals surface area contributed by atoms with E-state index in [0.29, 0.717) is 28.1 Å². The molecule has 10 heteroatoms. The number of hydrogen-bond donors (Lipinski definition) is 2. The molecule has 1 amide bonds. The number of carbonyl (C=O) groups excluding carboxylic acids is 1. The Morgan fingerprint density at radius 3 is 2.97 bits per heavy atom. The van der Waals surface area contributed by atoms with Crippen LogP contribution in [-0.2, 0) is 0 Å². The van der Waals surface area contributed by atoms with Gasteiger partial charge in [-0.3, -0.25) is 9.89 Å². The minimum Gasteiger partial charge on any atom is -0.463 e. The maximum atomic E-state index is 12.7. The highest BCUT2D eigenvalue weighted by Crippen LogP contribution is 2.27. The van der Waals surface area contributed by atoms with E-state index < -0.39 is 0 Å². The molecule has 0 saturated carbocycles. The standard InChI is InChI=1S/C19H14N6O2S2/c1-11-8-17(21-18(26)13-9-12(22-23-13)16-5-3-7-28-16)25(24-11)19-20-14(10-29-19)15-4-2-6-27-15/h2-10H,1H3,(H,21,26)(H,22,23). The lowest BCUT2D eigenvalue weighted by atomic mass is 10.3. The van der Waals surface area contributed by atoms with Crippen LogP contribution in [0.1, 0.15) is 16.2 Å². The Labute approximate surface area is 172 Å². The van der Waals surface area contributed by atoms with E-state index in [0.717, 1.165) is 16.3 Å². The van der Waals surface area contributed by atoms with E-state index in [1.807, 2.05) is 41.9 Å². The SMILES string of the molecule is Cc1cc(NC(=O)c2cc(-c3cccs3)[nH]n2)n(-c2nc(-c3ccco3)cs2)n1. The van der Waals surface area contributed by atoms with E-state index in [2.05, 4.69) is 25.6 Å². The number of H-pyrrole nitrogens is 1. The van der Waals surface area contributed by atoms with Gasteiger partial charge in [0.15, 0.2) is 11.5 Å². The van der Waals surface area contributed by atoms with Gasteiger partial charge in [-0.2, -0.15) is 14.9 Å². The number of nitrogens with one attached hydrogen (secondary N) is 2. The van der Waals surface area contributed by atoms with Crippen molar-refractivity contribution < 1.29 is 9.21 Å². The van der Waals surface area contributed by atoms with Gasteiger partial charge in [0.2, 0.25) is 5.13 Å². The highest BCUT2D eigenvalue weighted by molar-refractivity contribution is 7.13. The van der Waals surface area contributed by atoms with Gasteiger partial charge in [0.1, 0.15) is 11.5 Å². The van der Waals surface area contributed by atoms with Crippen molar-refractivity contribution >= 4 is 34.4 Å². The minimum absolute atomic E-state index is 0.300. The molecule has 0 aliphatic heterocycles. The average molecular weight is 422 g/mol. The van der Waals surface area contributed by atoms with Crippen LogP contribution in [0.2, 0.25) is 0 Å². The molecule has 8 nitrogen and oxygen atoms in total. The summed E-state index contributed by atoms with van der Waals surface area (Å²) in [7, 11) is 0. The summed E-state index contributed by atoms with van der Waals surface area (Å²) in [5, 5.41) is 18.9. The van der Waals surface area contributed by atoms with Gasteiger partial charge < -0.3 is 9.73 Å². The molecule has 5 aromatic rings. The molecule has 0 aromatic carbocycles. The summed E-state index contributed by atoms with van der Waals surface area (Å²) in [6, 6.07) is 11.1. The summed E-state index contributed by atoms with van der Waals surface area (Å²) in [5.41, 5.74) is 2.58. The van der Waals surface area contributed by atoms with E-state index in [1.54, 1.807) is 34.4 Å². The fourth-order valence-corrected chi connectivity index (χ4v) is 4.28. The Bertz CT molecular complexity index is 1260. The lowest BCUT2D eigenvalue weighted by Crippen LogP contribution is -2.15. The van der Waals surface area contributed by atoms with Crippen molar-refractivity contribution in [1.82, 2.24) is 25.0 Å². The molecule has 2 N–H and O–H groups in total. The van der Waals surface area contributed by atoms with Gasteiger partial charge >= 0.3 is 0 Å². The molecule has 0 aliphatic rings. The first-order chi connectivity index (χ1) is 14.2. The molecule has 5 heterocycles. The van der Waals surface area contributed by atoms with Crippen molar-refractivity contribution in [3.05, 3.63) is 64.8 Å². The van der Waals surface area contributed by atoms with Crippen LogP contribution in [0.15, 0.2) is 57.8 Å². The molecule has 144 valence electrons. The van der Waals surface area contributed by atoms with Crippen molar-refractivity contribution in [2.45, 2.75) is 6.92 Å². The van der Waals surface area contributed by atoms with E-state index in [-0.39, 0.29) is 5.91 Å². The number of anilines is 1. The second-order valence-electron chi connectivity index (χ2n) is 6.17. The Balaban J connectivity index is 1.41. The zero-order valence-corrected chi connectivity index (χ0v) is 16.8. The number of furan rings is 1. The fourth-order valence-electron chi connectivity index (χ4n) is 2.81. The molecule has 5 aromatic heterocycles. The molecule has 0 atom stereocenters. The third-order valence-corrected chi connectivity index (χ3v) is 5.84. The zero-order valence-electron chi connectivity index (χ0n) is 15.1. The Morgan fingerprint density at radius 1 is 1.24 bits per heavy atom. The maximum absolute atomic E-state index is 12.7. The summed E-state index contributed by atoms with van der Waals surface area (Å²) < 4.78 is 7.00. The third-order valence-electron chi connectivity index (χ3n) is 4.12. The van der Waals surface area contributed by atoms with Gasteiger partial charge in [-0.1, -0.05) is 6.07 Å². The van der Waals surface area contributed by atoms with Gasteiger partial charge in [0, 0.05) is 11.4 Å². The van der Waals surface area contributed by atoms with Crippen molar-refractivity contribution in [1.29, 1.82) is 0 Å². The predicted molar refractivity (Wildman–Crippen MR) is 112 cm³/mol. The molecule has 0 radical (unpaired) electrons. The first kappa shape index (κ1) is 17.6. The van der Waals surface area contributed by atoms with E-state index >= 15 is 0 Å². The van der Waals surface area contributed by atoms with Crippen LogP contribution >= 0.6 is 22.7 Å². The number of carbonyl (C=O) groups is 1. The maximum Gasteiger partial charge on any atom is 0.277 e. The molecule has 0 spiro atoms. The van der Waals surface area contributed by atoms with Gasteiger partial charge in [0.05, 0.1) is 22.5 Å². The van der Waals surface area contributed by atoms with Crippen LogP contribution in [0.4, 0.5) is 5.82 Å². The predicted octanol–water partition coefficient (Wildman–Crippen LogP) is 4.60. The smallest absolute Gasteiger partial charge is 0.277 e. The van der Waals surface area contributed by atoms with Crippen LogP contribution < -0.4 is 5.32 Å². The number of aromatic nitrogens is 5. The zero-order chi connectivity index (χ0) is 19.8. The summed E-state index contributed by atoms with van der Waals surface area (Å²) in [5.74, 6) is 0.876. The second-order valence-corrected chi connectivity index (χ2v) is 7.96. The van der Waals surface area contributed by atoms with E-state index in [9.17, 15) is 4.79 Å². The quantitative estimate of drug-likeness (QED) is 0.431. The van der Waals surface area contributed by atoms with Crippen molar-refractivity contribution in [3.8, 4) is 27.2 Å². The number of aromatic amines is 1. The fraction of sp³-hybridized carbons (Fsp3) is 0.0526. The highest BCUT2D eigenvalue weighted by atomic mass is 32.1. The van der Waals surface area contributed by atoms with E-state index in [4.69, 9.17) is 4.42 Å². The first-order valence-corrected chi connectivity index (χ1v) is 10.4. The number of amides is 1. The van der Waals surface area contributed by atoms with Gasteiger partial charge in [-0.15, -0.1) is 22.7 Å². The number of thiophene rings is 1. The summed E-state index contributed by atoms with van der Waals surface area (Å²) in [6.07, 6.45) is 1.60. The molecule has 29 heavy (non-hydrogen) atoms. The molecule has 0 fully saturated rings. The van der Waals surface area contributed by atoms with Gasteiger partial charge in [0.25, 0.3) is 5.91 Å². The molecular formula is C19H14N6O2S2. The number of nitrogens with zero attached hydrogens (tertiary/aromatic N) is 4. The molecule has 0 saturated heterocycles. The highest BCUT2D eigenvalue weighted by Gasteiger charge is 2.18. The van der Waals surface area contributed by atoms with Crippen molar-refractivity contribution in [2.24, 2.45) is 0 Å². The number of hydrogen-bond acceptors (Lipinski definition) is 7.